The summed E-state index contributed by atoms with van der Waals surface area (Å²) in [7, 11) is 0. The van der Waals surface area contributed by atoms with Gasteiger partial charge in [0.05, 0.1) is 6.61 Å². The number of hydrogen-bond donors (Lipinski definition) is 2. The van der Waals surface area contributed by atoms with Gasteiger partial charge in [0.15, 0.2) is 6.61 Å². The van der Waals surface area contributed by atoms with Crippen molar-refractivity contribution in [3.05, 3.63) is 66.2 Å². The van der Waals surface area contributed by atoms with Crippen LogP contribution in [0.4, 0.5) is 0 Å². The molecule has 2 aliphatic heterocycles. The zero-order chi connectivity index (χ0) is 22.9. The lowest BCUT2D eigenvalue weighted by atomic mass is 9.93. The molecule has 32 heavy (non-hydrogen) atoms. The zero-order valence-electron chi connectivity index (χ0n) is 17.7. The molecule has 0 bridgehead atoms. The van der Waals surface area contributed by atoms with Crippen LogP contribution in [0.25, 0.3) is 0 Å². The van der Waals surface area contributed by atoms with Gasteiger partial charge < -0.3 is 24.8 Å². The second-order valence-electron chi connectivity index (χ2n) is 8.19. The van der Waals surface area contributed by atoms with Crippen molar-refractivity contribution in [1.82, 2.24) is 10.2 Å². The number of carboxylic acids is 1. The van der Waals surface area contributed by atoms with Crippen LogP contribution in [0.3, 0.4) is 0 Å². The van der Waals surface area contributed by atoms with Crippen molar-refractivity contribution in [2.45, 2.75) is 42.3 Å². The van der Waals surface area contributed by atoms with Gasteiger partial charge in [0.1, 0.15) is 17.2 Å². The van der Waals surface area contributed by atoms with Gasteiger partial charge in [0, 0.05) is 4.75 Å². The van der Waals surface area contributed by atoms with Crippen molar-refractivity contribution < 1.29 is 29.0 Å². The first-order chi connectivity index (χ1) is 15.2. The first-order valence-corrected chi connectivity index (χ1v) is 11.0. The number of para-hydroxylation sites is 1. The number of nitrogens with one attached hydrogen (secondary N) is 1. The van der Waals surface area contributed by atoms with Gasteiger partial charge in [-0.1, -0.05) is 48.5 Å². The number of thioether (sulfide) groups is 1. The summed E-state index contributed by atoms with van der Waals surface area (Å²) in [5, 5.41) is 11.7. The molecule has 0 saturated carbocycles. The number of ether oxygens (including phenoxy) is 2. The van der Waals surface area contributed by atoms with Gasteiger partial charge in [-0.2, -0.15) is 0 Å². The molecule has 168 valence electrons. The SMILES string of the molecule is CC1(C)S[C@H]2N(C(=O)C2(NC(=O)COc2ccccc2)OCc2ccccc2)[C@H]1C(=O)O. The molecule has 8 nitrogen and oxygen atoms in total. The van der Waals surface area contributed by atoms with Crippen LogP contribution in [0.15, 0.2) is 60.7 Å². The number of benzene rings is 2. The molecule has 2 aromatic rings. The molecular formula is C23H24N2O6S. The Morgan fingerprint density at radius 2 is 1.72 bits per heavy atom. The van der Waals surface area contributed by atoms with Crippen molar-refractivity contribution in [2.24, 2.45) is 0 Å². The lowest BCUT2D eigenvalue weighted by molar-refractivity contribution is -0.209. The Morgan fingerprint density at radius 3 is 2.34 bits per heavy atom. The molecule has 0 aromatic heterocycles. The van der Waals surface area contributed by atoms with Crippen molar-refractivity contribution >= 4 is 29.5 Å². The second kappa shape index (κ2) is 8.48. The van der Waals surface area contributed by atoms with Crippen LogP contribution in [0, 0.1) is 0 Å². The van der Waals surface area contributed by atoms with Gasteiger partial charge >= 0.3 is 5.97 Å². The summed E-state index contributed by atoms with van der Waals surface area (Å²) in [6.45, 7) is 3.31. The number of carbonyl (C=O) groups excluding carboxylic acids is 2. The Morgan fingerprint density at radius 1 is 1.09 bits per heavy atom. The van der Waals surface area contributed by atoms with E-state index >= 15 is 0 Å². The molecule has 0 aliphatic carbocycles. The van der Waals surface area contributed by atoms with E-state index in [9.17, 15) is 19.5 Å². The fraction of sp³-hybridized carbons (Fsp3) is 0.348. The maximum Gasteiger partial charge on any atom is 0.327 e. The van der Waals surface area contributed by atoms with Gasteiger partial charge in [-0.25, -0.2) is 4.79 Å². The fourth-order valence-electron chi connectivity index (χ4n) is 3.99. The molecule has 1 unspecified atom stereocenters. The Kier molecular flexibility index (Phi) is 5.87. The van der Waals surface area contributed by atoms with E-state index in [1.165, 1.54) is 16.7 Å². The summed E-state index contributed by atoms with van der Waals surface area (Å²) in [6, 6.07) is 17.1. The molecule has 2 saturated heterocycles. The van der Waals surface area contributed by atoms with Crippen LogP contribution in [0.2, 0.25) is 0 Å². The Balaban J connectivity index is 1.55. The van der Waals surface area contributed by atoms with Crippen molar-refractivity contribution in [3.63, 3.8) is 0 Å². The summed E-state index contributed by atoms with van der Waals surface area (Å²) < 4.78 is 10.8. The highest BCUT2D eigenvalue weighted by molar-refractivity contribution is 8.01. The lowest BCUT2D eigenvalue weighted by Gasteiger charge is -2.52. The Hall–Kier alpha value is -3.04. The quantitative estimate of drug-likeness (QED) is 0.464. The molecule has 0 radical (unpaired) electrons. The number of carboxylic acid groups (broad SMARTS) is 1. The monoisotopic (exact) mass is 456 g/mol. The smallest absolute Gasteiger partial charge is 0.327 e. The van der Waals surface area contributed by atoms with Gasteiger partial charge in [-0.05, 0) is 31.5 Å². The van der Waals surface area contributed by atoms with Gasteiger partial charge in [-0.15, -0.1) is 11.8 Å². The summed E-state index contributed by atoms with van der Waals surface area (Å²) in [5.41, 5.74) is -0.844. The lowest BCUT2D eigenvalue weighted by Crippen LogP contribution is -2.80. The minimum Gasteiger partial charge on any atom is -0.484 e. The van der Waals surface area contributed by atoms with E-state index in [-0.39, 0.29) is 13.2 Å². The molecule has 2 N–H and O–H groups in total. The molecular weight excluding hydrogens is 432 g/mol. The fourth-order valence-corrected chi connectivity index (χ4v) is 5.64. The molecule has 0 spiro atoms. The summed E-state index contributed by atoms with van der Waals surface area (Å²) in [5.74, 6) is -1.68. The van der Waals surface area contributed by atoms with Crippen LogP contribution >= 0.6 is 11.8 Å². The van der Waals surface area contributed by atoms with Crippen molar-refractivity contribution in [3.8, 4) is 5.75 Å². The molecule has 4 rings (SSSR count). The largest absolute Gasteiger partial charge is 0.484 e. The zero-order valence-corrected chi connectivity index (χ0v) is 18.5. The third-order valence-corrected chi connectivity index (χ3v) is 7.10. The molecule has 2 aromatic carbocycles. The Bertz CT molecular complexity index is 1020. The molecule has 9 heteroatoms. The van der Waals surface area contributed by atoms with Crippen molar-refractivity contribution in [1.29, 1.82) is 0 Å². The van der Waals surface area contributed by atoms with Crippen LogP contribution in [0.5, 0.6) is 5.75 Å². The maximum absolute atomic E-state index is 13.3. The van der Waals surface area contributed by atoms with Gasteiger partial charge in [0.25, 0.3) is 17.5 Å². The van der Waals surface area contributed by atoms with Crippen molar-refractivity contribution in [2.75, 3.05) is 6.61 Å². The summed E-state index contributed by atoms with van der Waals surface area (Å²) >= 11 is 1.30. The van der Waals surface area contributed by atoms with Crippen LogP contribution < -0.4 is 10.1 Å². The number of amides is 2. The average molecular weight is 457 g/mol. The highest BCUT2D eigenvalue weighted by Gasteiger charge is 2.73. The minimum atomic E-state index is -1.67. The molecule has 3 atom stereocenters. The van der Waals surface area contributed by atoms with Crippen LogP contribution in [-0.4, -0.2) is 56.3 Å². The van der Waals surface area contributed by atoms with E-state index in [0.717, 1.165) is 5.56 Å². The Labute approximate surface area is 189 Å². The van der Waals surface area contributed by atoms with E-state index in [4.69, 9.17) is 9.47 Å². The molecule has 2 heterocycles. The number of rotatable bonds is 8. The van der Waals surface area contributed by atoms with Gasteiger partial charge in [0.2, 0.25) is 0 Å². The third kappa shape index (κ3) is 3.93. The minimum absolute atomic E-state index is 0.0788. The number of hydrogen-bond acceptors (Lipinski definition) is 6. The average Bonchev–Trinajstić information content (AvgIpc) is 3.05. The summed E-state index contributed by atoms with van der Waals surface area (Å²) in [6.07, 6.45) is 0. The highest BCUT2D eigenvalue weighted by Crippen LogP contribution is 2.55. The maximum atomic E-state index is 13.3. The standard InChI is InChI=1S/C23H24N2O6S/c1-22(2)18(19(27)28)25-20(29)23(21(25)32-22,31-13-15-9-5-3-6-10-15)24-17(26)14-30-16-11-7-4-8-12-16/h3-12,18,21H,13-14H2,1-2H3,(H,24,26)(H,27,28)/t18-,21+,23?/m0/s1. The first-order valence-electron chi connectivity index (χ1n) is 10.1. The normalized spacial score (nSPS) is 25.6. The topological polar surface area (TPSA) is 105 Å². The predicted molar refractivity (Wildman–Crippen MR) is 118 cm³/mol. The number of β-lactam (4-membered cyclic amide) rings is 1. The molecule has 2 fully saturated rings. The van der Waals surface area contributed by atoms with Gasteiger partial charge in [-0.3, -0.25) is 9.59 Å². The van der Waals surface area contributed by atoms with E-state index in [0.29, 0.717) is 5.75 Å². The highest BCUT2D eigenvalue weighted by atomic mass is 32.2. The van der Waals surface area contributed by atoms with E-state index in [1.54, 1.807) is 38.1 Å². The molecule has 2 amide bonds. The number of aliphatic carboxylic acids is 1. The van der Waals surface area contributed by atoms with E-state index in [2.05, 4.69) is 5.32 Å². The second-order valence-corrected chi connectivity index (χ2v) is 9.92. The number of nitrogens with zero attached hydrogens (tertiary/aromatic N) is 1. The van der Waals surface area contributed by atoms with E-state index in [1.807, 2.05) is 36.4 Å². The summed E-state index contributed by atoms with van der Waals surface area (Å²) in [4.78, 5) is 39.2. The van der Waals surface area contributed by atoms with Crippen LogP contribution in [-0.2, 0) is 25.7 Å². The third-order valence-electron chi connectivity index (χ3n) is 5.49. The molecule has 2 aliphatic rings. The van der Waals surface area contributed by atoms with Crippen LogP contribution in [0.1, 0.15) is 19.4 Å². The number of fused-ring (bicyclic) bond motifs is 1. The first kappa shape index (κ1) is 22.2. The number of carbonyl (C=O) groups is 3. The van der Waals surface area contributed by atoms with E-state index < -0.39 is 39.7 Å². The predicted octanol–water partition coefficient (Wildman–Crippen LogP) is 2.24.